The zero-order valence-electron chi connectivity index (χ0n) is 11.7. The molecule has 3 rings (SSSR count). The number of benzene rings is 1. The zero-order valence-corrected chi connectivity index (χ0v) is 11.7. The van der Waals surface area contributed by atoms with E-state index in [1.807, 2.05) is 30.3 Å². The number of rotatable bonds is 3. The minimum Gasteiger partial charge on any atom is -0.271 e. The molecule has 0 spiro atoms. The number of alkyl halides is 2. The van der Waals surface area contributed by atoms with Crippen LogP contribution in [0.2, 0.25) is 0 Å². The van der Waals surface area contributed by atoms with Crippen molar-refractivity contribution in [2.45, 2.75) is 37.6 Å². The highest BCUT2D eigenvalue weighted by Crippen LogP contribution is 2.42. The van der Waals surface area contributed by atoms with Crippen LogP contribution in [0.4, 0.5) is 8.78 Å². The fraction of sp³-hybridized carbons (Fsp3) is 0.438. The van der Waals surface area contributed by atoms with Gasteiger partial charge in [-0.1, -0.05) is 18.2 Å². The van der Waals surface area contributed by atoms with E-state index in [2.05, 4.69) is 10.4 Å². The Bertz CT molecular complexity index is 614. The third kappa shape index (κ3) is 2.89. The van der Waals surface area contributed by atoms with E-state index >= 15 is 0 Å². The second kappa shape index (κ2) is 5.66. The standard InChI is InChI=1S/C16H19F2N3/c17-16(18)8-6-11(7-9-16)15(21-19)13-3-1-5-14-12(13)4-2-10-20-14/h1-5,10-11,15,21H,6-9,19H2. The van der Waals surface area contributed by atoms with Crippen LogP contribution in [-0.2, 0) is 0 Å². The molecule has 21 heavy (non-hydrogen) atoms. The number of aromatic nitrogens is 1. The van der Waals surface area contributed by atoms with Crippen LogP contribution >= 0.6 is 0 Å². The molecular weight excluding hydrogens is 272 g/mol. The SMILES string of the molecule is NNC(c1cccc2ncccc12)C1CCC(F)(F)CC1. The molecule has 0 aliphatic heterocycles. The number of pyridine rings is 1. The number of hydrazine groups is 1. The Morgan fingerprint density at radius 2 is 1.95 bits per heavy atom. The second-order valence-electron chi connectivity index (χ2n) is 5.76. The van der Waals surface area contributed by atoms with E-state index in [9.17, 15) is 8.78 Å². The fourth-order valence-electron chi connectivity index (χ4n) is 3.27. The highest BCUT2D eigenvalue weighted by molar-refractivity contribution is 5.82. The van der Waals surface area contributed by atoms with E-state index in [0.29, 0.717) is 12.8 Å². The Morgan fingerprint density at radius 1 is 1.19 bits per heavy atom. The number of nitrogens with one attached hydrogen (secondary N) is 1. The maximum atomic E-state index is 13.3. The highest BCUT2D eigenvalue weighted by atomic mass is 19.3. The van der Waals surface area contributed by atoms with Crippen LogP contribution in [0.3, 0.4) is 0 Å². The van der Waals surface area contributed by atoms with Gasteiger partial charge in [0, 0.05) is 30.5 Å². The van der Waals surface area contributed by atoms with Crippen molar-refractivity contribution < 1.29 is 8.78 Å². The quantitative estimate of drug-likeness (QED) is 0.671. The first kappa shape index (κ1) is 14.4. The Labute approximate surface area is 122 Å². The summed E-state index contributed by atoms with van der Waals surface area (Å²) in [5.74, 6) is 3.34. The van der Waals surface area contributed by atoms with Crippen molar-refractivity contribution in [3.63, 3.8) is 0 Å². The Kier molecular flexibility index (Phi) is 3.87. The predicted molar refractivity (Wildman–Crippen MR) is 78.7 cm³/mol. The van der Waals surface area contributed by atoms with Gasteiger partial charge in [-0.3, -0.25) is 16.3 Å². The van der Waals surface area contributed by atoms with Crippen LogP contribution in [0.25, 0.3) is 10.9 Å². The summed E-state index contributed by atoms with van der Waals surface area (Å²) < 4.78 is 26.7. The summed E-state index contributed by atoms with van der Waals surface area (Å²) in [6.45, 7) is 0. The van der Waals surface area contributed by atoms with Gasteiger partial charge in [0.2, 0.25) is 5.92 Å². The van der Waals surface area contributed by atoms with Gasteiger partial charge in [-0.2, -0.15) is 0 Å². The average molecular weight is 291 g/mol. The Balaban J connectivity index is 1.92. The topological polar surface area (TPSA) is 50.9 Å². The van der Waals surface area contributed by atoms with Crippen LogP contribution < -0.4 is 11.3 Å². The third-order valence-corrected chi connectivity index (χ3v) is 4.43. The Hall–Kier alpha value is -1.59. The van der Waals surface area contributed by atoms with Crippen molar-refractivity contribution in [3.05, 3.63) is 42.1 Å². The normalized spacial score (nSPS) is 20.5. The zero-order chi connectivity index (χ0) is 14.9. The summed E-state index contributed by atoms with van der Waals surface area (Å²) >= 11 is 0. The maximum Gasteiger partial charge on any atom is 0.248 e. The molecule has 5 heteroatoms. The van der Waals surface area contributed by atoms with Crippen molar-refractivity contribution in [2.75, 3.05) is 0 Å². The Morgan fingerprint density at radius 3 is 2.67 bits per heavy atom. The first-order chi connectivity index (χ1) is 10.1. The number of nitrogens with two attached hydrogens (primary N) is 1. The van der Waals surface area contributed by atoms with Crippen LogP contribution in [0.5, 0.6) is 0 Å². The first-order valence-electron chi connectivity index (χ1n) is 7.28. The van der Waals surface area contributed by atoms with Crippen molar-refractivity contribution in [1.82, 2.24) is 10.4 Å². The molecule has 1 unspecified atom stereocenters. The summed E-state index contributed by atoms with van der Waals surface area (Å²) in [5.41, 5.74) is 4.77. The van der Waals surface area contributed by atoms with Gasteiger partial charge in [-0.05, 0) is 36.5 Å². The highest BCUT2D eigenvalue weighted by Gasteiger charge is 2.38. The predicted octanol–water partition coefficient (Wildman–Crippen LogP) is 3.56. The number of fused-ring (bicyclic) bond motifs is 1. The molecule has 0 radical (unpaired) electrons. The van der Waals surface area contributed by atoms with Gasteiger partial charge in [0.05, 0.1) is 5.52 Å². The average Bonchev–Trinajstić information content (AvgIpc) is 2.50. The second-order valence-corrected chi connectivity index (χ2v) is 5.76. The van der Waals surface area contributed by atoms with Gasteiger partial charge in [-0.25, -0.2) is 8.78 Å². The molecule has 0 bridgehead atoms. The molecule has 1 aromatic heterocycles. The third-order valence-electron chi connectivity index (χ3n) is 4.43. The monoisotopic (exact) mass is 291 g/mol. The molecule has 112 valence electrons. The molecule has 1 aliphatic carbocycles. The molecule has 3 N–H and O–H groups in total. The lowest BCUT2D eigenvalue weighted by Gasteiger charge is -2.34. The largest absolute Gasteiger partial charge is 0.271 e. The van der Waals surface area contributed by atoms with E-state index in [0.717, 1.165) is 16.5 Å². The number of nitrogens with zero attached hydrogens (tertiary/aromatic N) is 1. The van der Waals surface area contributed by atoms with Gasteiger partial charge in [0.25, 0.3) is 0 Å². The van der Waals surface area contributed by atoms with E-state index in [-0.39, 0.29) is 24.8 Å². The number of hydrogen-bond donors (Lipinski definition) is 2. The van der Waals surface area contributed by atoms with Crippen molar-refractivity contribution in [2.24, 2.45) is 11.8 Å². The maximum absolute atomic E-state index is 13.3. The smallest absolute Gasteiger partial charge is 0.248 e. The molecule has 0 amide bonds. The van der Waals surface area contributed by atoms with Crippen LogP contribution in [0, 0.1) is 5.92 Å². The molecule has 0 saturated heterocycles. The van der Waals surface area contributed by atoms with Crippen molar-refractivity contribution >= 4 is 10.9 Å². The molecule has 1 heterocycles. The summed E-state index contributed by atoms with van der Waals surface area (Å²) in [5, 5.41) is 1.03. The first-order valence-corrected chi connectivity index (χ1v) is 7.28. The number of halogens is 2. The summed E-state index contributed by atoms with van der Waals surface area (Å²) in [4.78, 5) is 4.34. The van der Waals surface area contributed by atoms with Crippen LogP contribution in [0.1, 0.15) is 37.3 Å². The minimum absolute atomic E-state index is 0.0567. The van der Waals surface area contributed by atoms with E-state index in [1.165, 1.54) is 0 Å². The van der Waals surface area contributed by atoms with Gasteiger partial charge in [0.1, 0.15) is 0 Å². The van der Waals surface area contributed by atoms with E-state index in [1.54, 1.807) is 6.20 Å². The lowest BCUT2D eigenvalue weighted by molar-refractivity contribution is -0.0497. The van der Waals surface area contributed by atoms with E-state index in [4.69, 9.17) is 5.84 Å². The van der Waals surface area contributed by atoms with Crippen molar-refractivity contribution in [1.29, 1.82) is 0 Å². The summed E-state index contributed by atoms with van der Waals surface area (Å²) in [6, 6.07) is 9.65. The molecule has 1 aromatic carbocycles. The van der Waals surface area contributed by atoms with Crippen LogP contribution in [-0.4, -0.2) is 10.9 Å². The van der Waals surface area contributed by atoms with Gasteiger partial charge >= 0.3 is 0 Å². The van der Waals surface area contributed by atoms with Crippen molar-refractivity contribution in [3.8, 4) is 0 Å². The minimum atomic E-state index is -2.52. The van der Waals surface area contributed by atoms with Crippen LogP contribution in [0.15, 0.2) is 36.5 Å². The van der Waals surface area contributed by atoms with Gasteiger partial charge in [-0.15, -0.1) is 0 Å². The summed E-state index contributed by atoms with van der Waals surface area (Å²) in [7, 11) is 0. The molecule has 2 aromatic rings. The molecular formula is C16H19F2N3. The molecule has 1 fully saturated rings. The lowest BCUT2D eigenvalue weighted by Crippen LogP contribution is -2.37. The molecule has 1 saturated carbocycles. The lowest BCUT2D eigenvalue weighted by atomic mass is 9.79. The molecule has 1 aliphatic rings. The van der Waals surface area contributed by atoms with Gasteiger partial charge in [0.15, 0.2) is 0 Å². The number of hydrogen-bond acceptors (Lipinski definition) is 3. The molecule has 3 nitrogen and oxygen atoms in total. The molecule has 1 atom stereocenters. The van der Waals surface area contributed by atoms with Gasteiger partial charge < -0.3 is 0 Å². The summed E-state index contributed by atoms with van der Waals surface area (Å²) in [6.07, 6.45) is 2.60. The van der Waals surface area contributed by atoms with E-state index < -0.39 is 5.92 Å². The fourth-order valence-corrected chi connectivity index (χ4v) is 3.27.